The molecule has 0 radical (unpaired) electrons. The number of pyridine rings is 1. The van der Waals surface area contributed by atoms with Crippen LogP contribution in [0.1, 0.15) is 40.0 Å². The second-order valence-electron chi connectivity index (χ2n) is 18.3. The summed E-state index contributed by atoms with van der Waals surface area (Å²) in [5.74, 6) is 1.83. The van der Waals surface area contributed by atoms with Gasteiger partial charge in [0.05, 0.1) is 47.1 Å². The Morgan fingerprint density at radius 2 is 1.24 bits per heavy atom. The largest absolute Gasteiger partial charge is 0.458 e. The minimum absolute atomic E-state index is 0.109. The van der Waals surface area contributed by atoms with Gasteiger partial charge in [-0.05, 0) is 117 Å². The van der Waals surface area contributed by atoms with E-state index in [4.69, 9.17) is 22.4 Å². The number of ether oxygens (including phenoxy) is 1. The molecule has 0 fully saturated rings. The van der Waals surface area contributed by atoms with Crippen molar-refractivity contribution in [3.05, 3.63) is 236 Å². The third-order valence-electron chi connectivity index (χ3n) is 13.0. The molecule has 0 unspecified atom stereocenters. The summed E-state index contributed by atoms with van der Waals surface area (Å²) >= 11 is 0. The highest BCUT2D eigenvalue weighted by atomic mass is 16.5. The fourth-order valence-corrected chi connectivity index (χ4v) is 9.59. The van der Waals surface area contributed by atoms with Crippen LogP contribution >= 0.6 is 0 Å². The Kier molecular flexibility index (Phi) is 7.45. The van der Waals surface area contributed by atoms with Crippen LogP contribution in [-0.4, -0.2) is 14.1 Å². The van der Waals surface area contributed by atoms with Crippen molar-refractivity contribution in [2.24, 2.45) is 0 Å². The lowest BCUT2D eigenvalue weighted by Gasteiger charge is -2.20. The third-order valence-corrected chi connectivity index (χ3v) is 13.0. The second-order valence-corrected chi connectivity index (χ2v) is 18.3. The highest BCUT2D eigenvalue weighted by Gasteiger charge is 2.23. The summed E-state index contributed by atoms with van der Waals surface area (Å²) in [4.78, 5) is 4.86. The van der Waals surface area contributed by atoms with Crippen LogP contribution < -0.4 is 9.30 Å². The molecule has 0 atom stereocenters. The van der Waals surface area contributed by atoms with Gasteiger partial charge in [-0.1, -0.05) is 160 Å². The number of para-hydroxylation sites is 2. The van der Waals surface area contributed by atoms with Crippen LogP contribution in [0.5, 0.6) is 11.5 Å². The molecule has 0 saturated carbocycles. The molecule has 0 aliphatic heterocycles. The van der Waals surface area contributed by atoms with Crippen LogP contribution in [0.3, 0.4) is 0 Å². The first kappa shape index (κ1) is 31.9. The van der Waals surface area contributed by atoms with Crippen LogP contribution in [0.15, 0.2) is 229 Å². The molecule has 0 amide bonds. The van der Waals surface area contributed by atoms with Crippen molar-refractivity contribution in [2.75, 3.05) is 0 Å². The molecule has 0 aliphatic carbocycles. The fourth-order valence-electron chi connectivity index (χ4n) is 9.59. The van der Waals surface area contributed by atoms with E-state index in [1.165, 1.54) is 0 Å². The standard InChI is InChI=1S/C64H46N4O2/c1-64(2,3)46-33-34-65-62(36-46)68-56-28-14-13-25-52(56)53-31-30-49(38-57(53)68)69-48-24-15-23-47(37-48)66-41-67(63-50(43-19-9-5-10-20-43)26-16-27-51(63)44-21-11-6-12-22-44)58-39-55-54-35-45(42-17-7-4-8-18-42)29-32-60(54)70-61(55)40-59(58)66/h4-40H,1-3H3/i5D,6D,9D,10D,11D,12D,19D,20D,21D,22D. The zero-order valence-electron chi connectivity index (χ0n) is 48.2. The molecule has 9 aromatic carbocycles. The molecule has 6 heteroatoms. The van der Waals surface area contributed by atoms with E-state index in [0.29, 0.717) is 39.4 Å². The average molecular weight is 913 g/mol. The first-order chi connectivity index (χ1) is 38.5. The van der Waals surface area contributed by atoms with E-state index in [0.717, 1.165) is 55.1 Å². The lowest BCUT2D eigenvalue weighted by Crippen LogP contribution is -2.31. The van der Waals surface area contributed by atoms with Gasteiger partial charge in [0.2, 0.25) is 0 Å². The van der Waals surface area contributed by atoms with Crippen molar-refractivity contribution in [1.29, 1.82) is 0 Å². The van der Waals surface area contributed by atoms with Gasteiger partial charge in [0.1, 0.15) is 28.5 Å². The molecular formula is C64H46N4O2. The molecule has 334 valence electrons. The topological polar surface area (TPSA) is 49.0 Å². The highest BCUT2D eigenvalue weighted by Crippen LogP contribution is 2.40. The number of imidazole rings is 1. The minimum Gasteiger partial charge on any atom is -0.458 e. The molecule has 0 bridgehead atoms. The van der Waals surface area contributed by atoms with E-state index >= 15 is 0 Å². The Labute approximate surface area is 419 Å². The van der Waals surface area contributed by atoms with Gasteiger partial charge in [0.15, 0.2) is 0 Å². The smallest absolute Gasteiger partial charge is 0.269 e. The van der Waals surface area contributed by atoms with Gasteiger partial charge in [0.25, 0.3) is 6.33 Å². The van der Waals surface area contributed by atoms with Crippen molar-refractivity contribution in [3.8, 4) is 62.1 Å². The SMILES string of the molecule is [2H]c1c([2H])c([2H])c(-c2cccc(-c3c([2H])c([2H])c([2H])c([2H])c3[2H])c2-[n+]2[c-]n(-c3cccc(Oc4ccc5c6ccccc6n(-c6cc(C(C)(C)C)ccn6)c5c4)c3)c3cc4oc5ccc(-c6ccccc6)cc5c4cc32)c([2H])c1[2H]. The number of fused-ring (bicyclic) bond motifs is 7. The maximum absolute atomic E-state index is 9.25. The van der Waals surface area contributed by atoms with Gasteiger partial charge in [-0.25, -0.2) is 4.98 Å². The van der Waals surface area contributed by atoms with Gasteiger partial charge >= 0.3 is 0 Å². The van der Waals surface area contributed by atoms with Crippen LogP contribution in [0.25, 0.3) is 105 Å². The summed E-state index contributed by atoms with van der Waals surface area (Å²) in [5.41, 5.74) is 7.77. The van der Waals surface area contributed by atoms with Crippen molar-refractivity contribution in [2.45, 2.75) is 26.2 Å². The zero-order valence-corrected chi connectivity index (χ0v) is 38.2. The molecule has 13 aromatic rings. The summed E-state index contributed by atoms with van der Waals surface area (Å²) in [5, 5.41) is 3.62. The van der Waals surface area contributed by atoms with E-state index in [-0.39, 0.29) is 33.4 Å². The number of rotatable bonds is 8. The molecule has 0 aliphatic rings. The Morgan fingerprint density at radius 3 is 2.01 bits per heavy atom. The molecule has 4 aromatic heterocycles. The van der Waals surface area contributed by atoms with Gasteiger partial charge in [-0.3, -0.25) is 13.7 Å². The molecule has 4 heterocycles. The molecule has 0 saturated heterocycles. The highest BCUT2D eigenvalue weighted by molar-refractivity contribution is 6.11. The molecule has 70 heavy (non-hydrogen) atoms. The number of hydrogen-bond donors (Lipinski definition) is 0. The maximum Gasteiger partial charge on any atom is 0.269 e. The van der Waals surface area contributed by atoms with Crippen LogP contribution in [0.2, 0.25) is 0 Å². The van der Waals surface area contributed by atoms with Gasteiger partial charge in [-0.15, -0.1) is 0 Å². The Morgan fingerprint density at radius 1 is 0.543 bits per heavy atom. The second kappa shape index (κ2) is 16.4. The molecule has 13 rings (SSSR count). The van der Waals surface area contributed by atoms with E-state index in [1.54, 1.807) is 27.3 Å². The number of aromatic nitrogens is 4. The number of furan rings is 1. The van der Waals surface area contributed by atoms with Crippen LogP contribution in [0.4, 0.5) is 0 Å². The van der Waals surface area contributed by atoms with E-state index in [2.05, 4.69) is 62.0 Å². The Bertz CT molecular complexity index is 4610. The summed E-state index contributed by atoms with van der Waals surface area (Å²) in [6, 6.07) is 45.0. The van der Waals surface area contributed by atoms with Gasteiger partial charge in [-0.2, -0.15) is 0 Å². The lowest BCUT2D eigenvalue weighted by molar-refractivity contribution is -0.571. The third kappa shape index (κ3) is 7.03. The quantitative estimate of drug-likeness (QED) is 0.113. The number of hydrogen-bond acceptors (Lipinski definition) is 3. The average Bonchev–Trinajstić information content (AvgIpc) is 4.21. The summed E-state index contributed by atoms with van der Waals surface area (Å²) in [7, 11) is 0. The van der Waals surface area contributed by atoms with Crippen molar-refractivity contribution < 1.29 is 27.4 Å². The van der Waals surface area contributed by atoms with E-state index in [1.807, 2.05) is 115 Å². The van der Waals surface area contributed by atoms with Crippen molar-refractivity contribution in [3.63, 3.8) is 0 Å². The predicted molar refractivity (Wildman–Crippen MR) is 285 cm³/mol. The summed E-state index contributed by atoms with van der Waals surface area (Å²) in [6.45, 7) is 6.54. The van der Waals surface area contributed by atoms with Crippen molar-refractivity contribution >= 4 is 54.8 Å². The molecule has 0 N–H and O–H groups in total. The normalized spacial score (nSPS) is 13.9. The molecule has 0 spiro atoms. The first-order valence-corrected chi connectivity index (χ1v) is 22.9. The Balaban J connectivity index is 1.05. The van der Waals surface area contributed by atoms with Crippen LogP contribution in [0, 0.1) is 6.33 Å². The fraction of sp³-hybridized carbons (Fsp3) is 0.0625. The van der Waals surface area contributed by atoms with E-state index < -0.39 is 60.4 Å². The number of nitrogens with zero attached hydrogens (tertiary/aromatic N) is 4. The predicted octanol–water partition coefficient (Wildman–Crippen LogP) is 16.2. The summed E-state index contributed by atoms with van der Waals surface area (Å²) in [6.07, 6.45) is 5.39. The maximum atomic E-state index is 9.25. The lowest BCUT2D eigenvalue weighted by atomic mass is 9.88. The summed E-state index contributed by atoms with van der Waals surface area (Å²) < 4.78 is 108. The van der Waals surface area contributed by atoms with Crippen LogP contribution in [-0.2, 0) is 5.41 Å². The number of benzene rings is 9. The van der Waals surface area contributed by atoms with Gasteiger partial charge in [0, 0.05) is 33.8 Å². The zero-order chi connectivity index (χ0) is 55.6. The molecular weight excluding hydrogens is 857 g/mol. The minimum atomic E-state index is -0.584. The monoisotopic (exact) mass is 912 g/mol. The van der Waals surface area contributed by atoms with Crippen molar-refractivity contribution in [1.82, 2.24) is 14.1 Å². The Hall–Kier alpha value is -9.00. The molecule has 6 nitrogen and oxygen atoms in total. The van der Waals surface area contributed by atoms with Gasteiger partial charge < -0.3 is 9.15 Å². The van der Waals surface area contributed by atoms with E-state index in [9.17, 15) is 5.48 Å². The first-order valence-electron chi connectivity index (χ1n) is 27.9.